The first kappa shape index (κ1) is 24.0. The smallest absolute Gasteiger partial charge is 0.286 e. The second-order valence-corrected chi connectivity index (χ2v) is 10.1. The predicted molar refractivity (Wildman–Crippen MR) is 125 cm³/mol. The van der Waals surface area contributed by atoms with Gasteiger partial charge in [-0.15, -0.1) is 0 Å². The predicted octanol–water partition coefficient (Wildman–Crippen LogP) is 3.38. The van der Waals surface area contributed by atoms with Crippen molar-refractivity contribution < 1.29 is 27.6 Å². The highest BCUT2D eigenvalue weighted by Crippen LogP contribution is 2.38. The van der Waals surface area contributed by atoms with Crippen molar-refractivity contribution in [3.8, 4) is 11.5 Å². The summed E-state index contributed by atoms with van der Waals surface area (Å²) in [6.07, 6.45) is 3.16. The molecule has 1 saturated heterocycles. The van der Waals surface area contributed by atoms with Crippen LogP contribution in [-0.4, -0.2) is 56.9 Å². The van der Waals surface area contributed by atoms with Gasteiger partial charge in [-0.25, -0.2) is 8.42 Å². The number of hydrogen-bond acceptors (Lipinski definition) is 7. The molecule has 0 aromatic heterocycles. The van der Waals surface area contributed by atoms with Crippen LogP contribution < -0.4 is 14.4 Å². The monoisotopic (exact) mass is 489 g/mol. The molecule has 11 heteroatoms. The Morgan fingerprint density at radius 1 is 1.09 bits per heavy atom. The number of sulfonamides is 1. The van der Waals surface area contributed by atoms with Crippen molar-refractivity contribution in [3.63, 3.8) is 0 Å². The van der Waals surface area contributed by atoms with E-state index < -0.39 is 20.9 Å². The molecule has 1 amide bonds. The van der Waals surface area contributed by atoms with Gasteiger partial charge < -0.3 is 14.4 Å². The molecule has 0 radical (unpaired) electrons. The Bertz CT molecular complexity index is 1220. The van der Waals surface area contributed by atoms with Crippen molar-refractivity contribution in [2.24, 2.45) is 0 Å². The lowest BCUT2D eigenvalue weighted by Gasteiger charge is -2.26. The highest BCUT2D eigenvalue weighted by molar-refractivity contribution is 7.89. The number of ether oxygens (including phenoxy) is 2. The van der Waals surface area contributed by atoms with Crippen LogP contribution in [-0.2, 0) is 16.4 Å². The normalized spacial score (nSPS) is 16.2. The second kappa shape index (κ2) is 9.59. The number of amides is 1. The number of hydrogen-bond donors (Lipinski definition) is 0. The molecule has 2 aromatic rings. The number of nitrogens with zero attached hydrogens (tertiary/aromatic N) is 3. The van der Waals surface area contributed by atoms with E-state index in [-0.39, 0.29) is 34.2 Å². The van der Waals surface area contributed by atoms with Gasteiger partial charge in [0.1, 0.15) is 5.56 Å². The first-order valence-corrected chi connectivity index (χ1v) is 12.7. The fourth-order valence-corrected chi connectivity index (χ4v) is 6.02. The van der Waals surface area contributed by atoms with Crippen molar-refractivity contribution in [3.05, 3.63) is 51.6 Å². The van der Waals surface area contributed by atoms with Crippen LogP contribution in [0.25, 0.3) is 0 Å². The van der Waals surface area contributed by atoms with Gasteiger partial charge in [0.25, 0.3) is 11.6 Å². The molecule has 0 atom stereocenters. The van der Waals surface area contributed by atoms with Crippen molar-refractivity contribution in [2.45, 2.75) is 37.5 Å². The molecule has 34 heavy (non-hydrogen) atoms. The van der Waals surface area contributed by atoms with E-state index in [0.29, 0.717) is 37.4 Å². The van der Waals surface area contributed by atoms with E-state index >= 15 is 0 Å². The van der Waals surface area contributed by atoms with E-state index in [1.54, 1.807) is 19.1 Å². The molecule has 4 rings (SSSR count). The van der Waals surface area contributed by atoms with Gasteiger partial charge in [0.15, 0.2) is 11.5 Å². The molecule has 2 aliphatic heterocycles. The molecule has 2 aliphatic rings. The number of rotatable bonds is 7. The lowest BCUT2D eigenvalue weighted by atomic mass is 10.1. The van der Waals surface area contributed by atoms with E-state index in [1.165, 1.54) is 34.5 Å². The second-order valence-electron chi connectivity index (χ2n) is 8.17. The van der Waals surface area contributed by atoms with Crippen LogP contribution >= 0.6 is 0 Å². The number of anilines is 1. The number of nitro groups is 1. The number of fused-ring (bicyclic) bond motifs is 1. The Morgan fingerprint density at radius 3 is 2.47 bits per heavy atom. The van der Waals surface area contributed by atoms with Gasteiger partial charge in [0, 0.05) is 31.4 Å². The molecular weight excluding hydrogens is 462 g/mol. The minimum Gasteiger partial charge on any atom is -0.493 e. The molecular formula is C23H27N3O7S. The van der Waals surface area contributed by atoms with E-state index in [1.807, 2.05) is 0 Å². The zero-order valence-corrected chi connectivity index (χ0v) is 20.0. The van der Waals surface area contributed by atoms with Crippen LogP contribution in [0, 0.1) is 10.1 Å². The van der Waals surface area contributed by atoms with Crippen molar-refractivity contribution in [1.29, 1.82) is 0 Å². The van der Waals surface area contributed by atoms with Crippen LogP contribution in [0.3, 0.4) is 0 Å². The van der Waals surface area contributed by atoms with Gasteiger partial charge in [-0.2, -0.15) is 4.31 Å². The Morgan fingerprint density at radius 2 is 1.82 bits per heavy atom. The summed E-state index contributed by atoms with van der Waals surface area (Å²) in [7, 11) is -2.23. The maximum Gasteiger partial charge on any atom is 0.286 e. The van der Waals surface area contributed by atoms with Gasteiger partial charge in [-0.05, 0) is 49.9 Å². The fourth-order valence-electron chi connectivity index (χ4n) is 4.45. The summed E-state index contributed by atoms with van der Waals surface area (Å²) in [4.78, 5) is 26.1. The Balaban J connectivity index is 1.68. The summed E-state index contributed by atoms with van der Waals surface area (Å²) >= 11 is 0. The highest BCUT2D eigenvalue weighted by atomic mass is 32.2. The van der Waals surface area contributed by atoms with E-state index in [0.717, 1.165) is 19.3 Å². The van der Waals surface area contributed by atoms with Crippen molar-refractivity contribution >= 4 is 27.3 Å². The average molecular weight is 490 g/mol. The topological polar surface area (TPSA) is 119 Å². The zero-order valence-electron chi connectivity index (χ0n) is 19.2. The minimum atomic E-state index is -3.60. The van der Waals surface area contributed by atoms with Crippen molar-refractivity contribution in [1.82, 2.24) is 4.31 Å². The lowest BCUT2D eigenvalue weighted by Crippen LogP contribution is -2.35. The quantitative estimate of drug-likeness (QED) is 0.432. The van der Waals surface area contributed by atoms with Gasteiger partial charge >= 0.3 is 0 Å². The molecule has 0 unspecified atom stereocenters. The number of piperidine rings is 1. The van der Waals surface area contributed by atoms with Gasteiger partial charge in [0.2, 0.25) is 10.0 Å². The third kappa shape index (κ3) is 4.32. The lowest BCUT2D eigenvalue weighted by molar-refractivity contribution is -0.385. The first-order valence-electron chi connectivity index (χ1n) is 11.2. The van der Waals surface area contributed by atoms with Gasteiger partial charge in [0.05, 0.1) is 29.6 Å². The van der Waals surface area contributed by atoms with Crippen LogP contribution in [0.5, 0.6) is 11.5 Å². The van der Waals surface area contributed by atoms with Crippen LogP contribution in [0.1, 0.15) is 42.1 Å². The van der Waals surface area contributed by atoms with Crippen LogP contribution in [0.2, 0.25) is 0 Å². The number of carbonyl (C=O) groups is 1. The fraction of sp³-hybridized carbons (Fsp3) is 0.435. The van der Waals surface area contributed by atoms with Crippen LogP contribution in [0.4, 0.5) is 11.4 Å². The Hall–Kier alpha value is -3.18. The molecule has 2 aromatic carbocycles. The molecule has 0 spiro atoms. The standard InChI is InChI=1S/C23H27N3O7S/c1-3-33-22-14-18(20(26(28)29)15-21(22)32-2)23(27)25-12-9-16-13-17(7-8-19(16)25)34(30,31)24-10-5-4-6-11-24/h7-8,13-15H,3-6,9-12H2,1-2H3. The third-order valence-electron chi connectivity index (χ3n) is 6.15. The summed E-state index contributed by atoms with van der Waals surface area (Å²) in [5, 5.41) is 11.7. The van der Waals surface area contributed by atoms with Gasteiger partial charge in [-0.1, -0.05) is 6.42 Å². The summed E-state index contributed by atoms with van der Waals surface area (Å²) in [6, 6.07) is 7.23. The van der Waals surface area contributed by atoms with Crippen molar-refractivity contribution in [2.75, 3.05) is 38.3 Å². The maximum atomic E-state index is 13.4. The summed E-state index contributed by atoms with van der Waals surface area (Å²) in [6.45, 7) is 3.35. The summed E-state index contributed by atoms with van der Waals surface area (Å²) < 4.78 is 38.3. The largest absolute Gasteiger partial charge is 0.493 e. The number of carbonyl (C=O) groups excluding carboxylic acids is 1. The van der Waals surface area contributed by atoms with E-state index in [2.05, 4.69) is 0 Å². The number of benzene rings is 2. The molecule has 182 valence electrons. The Labute approximate surface area is 198 Å². The molecule has 10 nitrogen and oxygen atoms in total. The molecule has 1 fully saturated rings. The summed E-state index contributed by atoms with van der Waals surface area (Å²) in [5.41, 5.74) is 0.758. The minimum absolute atomic E-state index is 0.118. The first-order chi connectivity index (χ1) is 16.3. The number of methoxy groups -OCH3 is 1. The zero-order chi connectivity index (χ0) is 24.5. The van der Waals surface area contributed by atoms with Gasteiger partial charge in [-0.3, -0.25) is 14.9 Å². The van der Waals surface area contributed by atoms with E-state index in [4.69, 9.17) is 9.47 Å². The highest BCUT2D eigenvalue weighted by Gasteiger charge is 2.33. The van der Waals surface area contributed by atoms with E-state index in [9.17, 15) is 23.3 Å². The maximum absolute atomic E-state index is 13.4. The Kier molecular flexibility index (Phi) is 6.76. The average Bonchev–Trinajstić information content (AvgIpc) is 3.27. The molecule has 0 aliphatic carbocycles. The summed E-state index contributed by atoms with van der Waals surface area (Å²) in [5.74, 6) is -0.151. The molecule has 0 N–H and O–H groups in total. The number of nitro benzene ring substituents is 1. The molecule has 2 heterocycles. The van der Waals surface area contributed by atoms with Crippen LogP contribution in [0.15, 0.2) is 35.2 Å². The SMILES string of the molecule is CCOc1cc(C(=O)N2CCc3cc(S(=O)(=O)N4CCCCC4)ccc32)c([N+](=O)[O-])cc1OC. The molecule has 0 bridgehead atoms. The third-order valence-corrected chi connectivity index (χ3v) is 8.05. The molecule has 0 saturated carbocycles.